The van der Waals surface area contributed by atoms with Gasteiger partial charge in [-0.2, -0.15) is 0 Å². The van der Waals surface area contributed by atoms with E-state index >= 15 is 0 Å². The van der Waals surface area contributed by atoms with Crippen LogP contribution in [0.4, 0.5) is 0 Å². The molecule has 0 saturated heterocycles. The lowest BCUT2D eigenvalue weighted by atomic mass is 9.80. The standard InChI is InChI=1S/C11H18O4/c1-6(2)7(9(12)13)8(10(14)15)11(3,4)5/h6H,1-5H3,(H,12,13)(H,14,15)/b8-7-. The van der Waals surface area contributed by atoms with Crippen LogP contribution in [0.1, 0.15) is 34.6 Å². The SMILES string of the molecule is CC(C)/C(C(=O)O)=C(\C(=O)O)C(C)(C)C. The molecule has 0 aromatic heterocycles. The monoisotopic (exact) mass is 214 g/mol. The minimum atomic E-state index is -1.16. The fraction of sp³-hybridized carbons (Fsp3) is 0.636. The van der Waals surface area contributed by atoms with Crippen LogP contribution in [0.15, 0.2) is 11.1 Å². The molecule has 0 aliphatic heterocycles. The molecule has 0 aliphatic rings. The van der Waals surface area contributed by atoms with Crippen LogP contribution in [-0.4, -0.2) is 22.2 Å². The second-order valence-electron chi connectivity index (χ2n) is 4.80. The van der Waals surface area contributed by atoms with Gasteiger partial charge < -0.3 is 10.2 Å². The zero-order valence-corrected chi connectivity index (χ0v) is 9.79. The highest BCUT2D eigenvalue weighted by Gasteiger charge is 2.31. The number of carboxylic acids is 2. The average Bonchev–Trinajstić information content (AvgIpc) is 1.94. The number of carboxylic acid groups (broad SMARTS) is 2. The molecule has 0 aliphatic carbocycles. The van der Waals surface area contributed by atoms with E-state index < -0.39 is 17.4 Å². The summed E-state index contributed by atoms with van der Waals surface area (Å²) in [6.45, 7) is 8.45. The van der Waals surface area contributed by atoms with E-state index in [0.717, 1.165) is 0 Å². The third-order valence-corrected chi connectivity index (χ3v) is 2.04. The van der Waals surface area contributed by atoms with Crippen molar-refractivity contribution < 1.29 is 19.8 Å². The van der Waals surface area contributed by atoms with Crippen molar-refractivity contribution in [2.75, 3.05) is 0 Å². The van der Waals surface area contributed by atoms with Crippen molar-refractivity contribution in [1.82, 2.24) is 0 Å². The Kier molecular flexibility index (Phi) is 4.07. The maximum atomic E-state index is 11.1. The van der Waals surface area contributed by atoms with Gasteiger partial charge in [-0.05, 0) is 11.3 Å². The quantitative estimate of drug-likeness (QED) is 0.706. The molecule has 0 amide bonds. The van der Waals surface area contributed by atoms with Gasteiger partial charge in [-0.1, -0.05) is 34.6 Å². The molecule has 2 N–H and O–H groups in total. The molecule has 0 spiro atoms. The van der Waals surface area contributed by atoms with Crippen molar-refractivity contribution in [3.05, 3.63) is 11.1 Å². The van der Waals surface area contributed by atoms with Gasteiger partial charge in [0.25, 0.3) is 0 Å². The van der Waals surface area contributed by atoms with Crippen molar-refractivity contribution >= 4 is 11.9 Å². The summed E-state index contributed by atoms with van der Waals surface area (Å²) in [5.74, 6) is -2.63. The molecule has 86 valence electrons. The first-order chi connectivity index (χ1) is 6.59. The summed E-state index contributed by atoms with van der Waals surface area (Å²) >= 11 is 0. The Bertz CT molecular complexity index is 305. The molecule has 0 fully saturated rings. The van der Waals surface area contributed by atoms with Crippen LogP contribution in [-0.2, 0) is 9.59 Å². The lowest BCUT2D eigenvalue weighted by Gasteiger charge is -2.23. The van der Waals surface area contributed by atoms with Crippen LogP contribution in [0.25, 0.3) is 0 Å². The van der Waals surface area contributed by atoms with Gasteiger partial charge >= 0.3 is 11.9 Å². The Morgan fingerprint density at radius 2 is 1.40 bits per heavy atom. The molecule has 0 radical (unpaired) electrons. The largest absolute Gasteiger partial charge is 0.478 e. The predicted octanol–water partition coefficient (Wildman–Crippen LogP) is 2.15. The summed E-state index contributed by atoms with van der Waals surface area (Å²) in [7, 11) is 0. The van der Waals surface area contributed by atoms with E-state index in [4.69, 9.17) is 10.2 Å². The summed E-state index contributed by atoms with van der Waals surface area (Å²) in [4.78, 5) is 22.1. The fourth-order valence-corrected chi connectivity index (χ4v) is 1.48. The first kappa shape index (κ1) is 13.7. The van der Waals surface area contributed by atoms with Crippen molar-refractivity contribution in [2.45, 2.75) is 34.6 Å². The highest BCUT2D eigenvalue weighted by Crippen LogP contribution is 2.31. The van der Waals surface area contributed by atoms with Gasteiger partial charge in [0, 0.05) is 0 Å². The topological polar surface area (TPSA) is 74.6 Å². The van der Waals surface area contributed by atoms with E-state index in [0.29, 0.717) is 0 Å². The molecule has 0 rings (SSSR count). The lowest BCUT2D eigenvalue weighted by molar-refractivity contribution is -0.137. The van der Waals surface area contributed by atoms with Crippen molar-refractivity contribution in [3.8, 4) is 0 Å². The van der Waals surface area contributed by atoms with Crippen molar-refractivity contribution in [3.63, 3.8) is 0 Å². The highest BCUT2D eigenvalue weighted by molar-refractivity contribution is 5.99. The first-order valence-corrected chi connectivity index (χ1v) is 4.80. The smallest absolute Gasteiger partial charge is 0.332 e. The van der Waals surface area contributed by atoms with E-state index in [1.54, 1.807) is 34.6 Å². The van der Waals surface area contributed by atoms with Crippen molar-refractivity contribution in [2.24, 2.45) is 11.3 Å². The predicted molar refractivity (Wildman–Crippen MR) is 56.6 cm³/mol. The molecule has 0 aromatic rings. The minimum absolute atomic E-state index is 0.0185. The lowest BCUT2D eigenvalue weighted by Crippen LogP contribution is -2.25. The van der Waals surface area contributed by atoms with Gasteiger partial charge in [0.1, 0.15) is 0 Å². The van der Waals surface area contributed by atoms with Crippen LogP contribution in [0.5, 0.6) is 0 Å². The number of aliphatic carboxylic acids is 2. The third kappa shape index (κ3) is 3.38. The van der Waals surface area contributed by atoms with Crippen LogP contribution in [0.2, 0.25) is 0 Å². The number of rotatable bonds is 3. The van der Waals surface area contributed by atoms with E-state index in [9.17, 15) is 9.59 Å². The molecule has 0 saturated carbocycles. The number of hydrogen-bond donors (Lipinski definition) is 2. The Morgan fingerprint density at radius 1 is 1.00 bits per heavy atom. The first-order valence-electron chi connectivity index (χ1n) is 4.80. The summed E-state index contributed by atoms with van der Waals surface area (Å²) in [5.41, 5.74) is -0.718. The zero-order valence-electron chi connectivity index (χ0n) is 9.79. The molecule has 0 bridgehead atoms. The van der Waals surface area contributed by atoms with Gasteiger partial charge in [0.05, 0.1) is 11.1 Å². The average molecular weight is 214 g/mol. The van der Waals surface area contributed by atoms with Gasteiger partial charge in [-0.25, -0.2) is 9.59 Å². The van der Waals surface area contributed by atoms with Crippen LogP contribution in [0, 0.1) is 11.3 Å². The Labute approximate surface area is 89.6 Å². The molecule has 15 heavy (non-hydrogen) atoms. The molecule has 0 atom stereocenters. The summed E-state index contributed by atoms with van der Waals surface area (Å²) in [6.07, 6.45) is 0. The Balaban J connectivity index is 5.81. The normalized spacial score (nSPS) is 13.7. The Morgan fingerprint density at radius 3 is 1.47 bits per heavy atom. The van der Waals surface area contributed by atoms with Crippen LogP contribution in [0.3, 0.4) is 0 Å². The van der Waals surface area contributed by atoms with E-state index in [-0.39, 0.29) is 17.1 Å². The molecule has 0 aromatic carbocycles. The number of hydrogen-bond acceptors (Lipinski definition) is 2. The highest BCUT2D eigenvalue weighted by atomic mass is 16.4. The van der Waals surface area contributed by atoms with E-state index in [1.165, 1.54) is 0 Å². The second-order valence-corrected chi connectivity index (χ2v) is 4.80. The van der Waals surface area contributed by atoms with E-state index in [1.807, 2.05) is 0 Å². The maximum Gasteiger partial charge on any atom is 0.332 e. The summed E-state index contributed by atoms with van der Waals surface area (Å²) < 4.78 is 0. The summed E-state index contributed by atoms with van der Waals surface area (Å²) in [5, 5.41) is 18.1. The van der Waals surface area contributed by atoms with Crippen LogP contribution >= 0.6 is 0 Å². The van der Waals surface area contributed by atoms with Crippen LogP contribution < -0.4 is 0 Å². The van der Waals surface area contributed by atoms with E-state index in [2.05, 4.69) is 0 Å². The van der Waals surface area contributed by atoms with Gasteiger partial charge in [0.15, 0.2) is 0 Å². The van der Waals surface area contributed by atoms with Crippen molar-refractivity contribution in [1.29, 1.82) is 0 Å². The molecule has 4 nitrogen and oxygen atoms in total. The maximum absolute atomic E-state index is 11.1. The fourth-order valence-electron chi connectivity index (χ4n) is 1.48. The molecular weight excluding hydrogens is 196 g/mol. The third-order valence-electron chi connectivity index (χ3n) is 2.04. The Hall–Kier alpha value is -1.32. The molecule has 4 heteroatoms. The van der Waals surface area contributed by atoms with Gasteiger partial charge in [-0.15, -0.1) is 0 Å². The minimum Gasteiger partial charge on any atom is -0.478 e. The molecule has 0 unspecified atom stereocenters. The van der Waals surface area contributed by atoms with Gasteiger partial charge in [-0.3, -0.25) is 0 Å². The van der Waals surface area contributed by atoms with Gasteiger partial charge in [0.2, 0.25) is 0 Å². The number of carbonyl (C=O) groups is 2. The molecular formula is C11H18O4. The summed E-state index contributed by atoms with van der Waals surface area (Å²) in [6, 6.07) is 0. The second kappa shape index (κ2) is 4.47. The zero-order chi connectivity index (χ0) is 12.4. The molecule has 0 heterocycles.